The first-order valence-electron chi connectivity index (χ1n) is 10.7. The third kappa shape index (κ3) is 3.62. The van der Waals surface area contributed by atoms with Gasteiger partial charge in [-0.05, 0) is 42.9 Å². The van der Waals surface area contributed by atoms with Crippen LogP contribution in [0.1, 0.15) is 29.8 Å². The molecule has 0 radical (unpaired) electrons. The Labute approximate surface area is 187 Å². The van der Waals surface area contributed by atoms with Crippen molar-refractivity contribution in [2.24, 2.45) is 0 Å². The molecule has 0 N–H and O–H groups in total. The van der Waals surface area contributed by atoms with E-state index in [1.807, 2.05) is 12.1 Å². The number of carbonyl (C=O) groups excluding carboxylic acids is 1. The molecule has 1 aliphatic carbocycles. The third-order valence-electron chi connectivity index (χ3n) is 5.97. The first-order chi connectivity index (χ1) is 15.6. The summed E-state index contributed by atoms with van der Waals surface area (Å²) in [5.74, 6) is 2.09. The van der Waals surface area contributed by atoms with E-state index in [0.717, 1.165) is 25.2 Å². The number of ether oxygens (including phenoxy) is 4. The van der Waals surface area contributed by atoms with Crippen molar-refractivity contribution in [3.05, 3.63) is 41.5 Å². The molecule has 0 saturated heterocycles. The molecule has 32 heavy (non-hydrogen) atoms. The molecule has 4 rings (SSSR count). The zero-order valence-electron chi connectivity index (χ0n) is 19.2. The molecule has 1 aliphatic rings. The van der Waals surface area contributed by atoms with Crippen molar-refractivity contribution < 1.29 is 23.7 Å². The number of benzene rings is 2. The van der Waals surface area contributed by atoms with Crippen molar-refractivity contribution >= 4 is 16.7 Å². The van der Waals surface area contributed by atoms with Crippen LogP contribution in [0, 0.1) is 0 Å². The van der Waals surface area contributed by atoms with E-state index < -0.39 is 0 Å². The summed E-state index contributed by atoms with van der Waals surface area (Å²) in [6, 6.07) is 9.09. The number of likely N-dealkylation sites (N-methyl/N-ethyl adjacent to an activating group) is 1. The Hall–Kier alpha value is -3.32. The number of aromatic nitrogens is 1. The summed E-state index contributed by atoms with van der Waals surface area (Å²) in [6.07, 6.45) is 0. The van der Waals surface area contributed by atoms with Gasteiger partial charge in [0.15, 0.2) is 17.3 Å². The van der Waals surface area contributed by atoms with Gasteiger partial charge in [-0.15, -0.1) is 0 Å². The van der Waals surface area contributed by atoms with Gasteiger partial charge >= 0.3 is 0 Å². The van der Waals surface area contributed by atoms with Gasteiger partial charge in [-0.25, -0.2) is 4.98 Å². The predicted octanol–water partition coefficient (Wildman–Crippen LogP) is 4.19. The highest BCUT2D eigenvalue weighted by Crippen LogP contribution is 2.47. The molecule has 0 saturated carbocycles. The number of fused-ring (bicyclic) bond motifs is 5. The van der Waals surface area contributed by atoms with Crippen molar-refractivity contribution in [1.82, 2.24) is 9.88 Å². The number of nitrogens with zero attached hydrogens (tertiary/aromatic N) is 2. The number of ketones is 1. The molecule has 1 aromatic heterocycles. The molecule has 168 valence electrons. The van der Waals surface area contributed by atoms with Gasteiger partial charge in [0.1, 0.15) is 12.4 Å². The van der Waals surface area contributed by atoms with Crippen LogP contribution >= 0.6 is 0 Å². The monoisotopic (exact) mass is 436 g/mol. The van der Waals surface area contributed by atoms with E-state index in [9.17, 15) is 4.79 Å². The summed E-state index contributed by atoms with van der Waals surface area (Å²) < 4.78 is 22.4. The molecule has 0 amide bonds. The minimum atomic E-state index is -0.0814. The van der Waals surface area contributed by atoms with E-state index >= 15 is 0 Å². The van der Waals surface area contributed by atoms with E-state index in [1.54, 1.807) is 39.5 Å². The van der Waals surface area contributed by atoms with Crippen LogP contribution in [-0.4, -0.2) is 63.2 Å². The van der Waals surface area contributed by atoms with Gasteiger partial charge in [-0.1, -0.05) is 13.8 Å². The fourth-order valence-electron chi connectivity index (χ4n) is 4.16. The van der Waals surface area contributed by atoms with Gasteiger partial charge in [-0.2, -0.15) is 0 Å². The average Bonchev–Trinajstić information content (AvgIpc) is 3.13. The maximum atomic E-state index is 13.5. The summed E-state index contributed by atoms with van der Waals surface area (Å²) in [6.45, 7) is 7.38. The van der Waals surface area contributed by atoms with Crippen molar-refractivity contribution in [2.75, 3.05) is 47.6 Å². The smallest absolute Gasteiger partial charge is 0.222 e. The Bertz CT molecular complexity index is 1170. The molecule has 0 aliphatic heterocycles. The second kappa shape index (κ2) is 9.04. The molecule has 0 bridgehead atoms. The first kappa shape index (κ1) is 21.9. The summed E-state index contributed by atoms with van der Waals surface area (Å²) in [4.78, 5) is 20.6. The van der Waals surface area contributed by atoms with Gasteiger partial charge in [0.05, 0.1) is 32.4 Å². The molecule has 0 spiro atoms. The maximum Gasteiger partial charge on any atom is 0.222 e. The number of pyridine rings is 1. The lowest BCUT2D eigenvalue weighted by atomic mass is 10.0. The van der Waals surface area contributed by atoms with Crippen LogP contribution in [0.25, 0.3) is 22.0 Å². The molecule has 1 heterocycles. The minimum Gasteiger partial charge on any atom is -0.497 e. The number of carbonyl (C=O) groups is 1. The minimum absolute atomic E-state index is 0.0814. The SMILES string of the molecule is CCN(CC)CCOc1nc2cc(OC)c(OC)cc2c2c1-c1ccc(OC)cc1C2=O. The molecule has 3 aromatic rings. The number of hydrogen-bond acceptors (Lipinski definition) is 7. The molecule has 0 atom stereocenters. The summed E-state index contributed by atoms with van der Waals surface area (Å²) in [5.41, 5.74) is 3.28. The zero-order chi connectivity index (χ0) is 22.8. The predicted molar refractivity (Wildman–Crippen MR) is 124 cm³/mol. The Morgan fingerprint density at radius 1 is 0.875 bits per heavy atom. The van der Waals surface area contributed by atoms with Gasteiger partial charge in [0.2, 0.25) is 5.88 Å². The Morgan fingerprint density at radius 2 is 1.59 bits per heavy atom. The van der Waals surface area contributed by atoms with Crippen LogP contribution in [0.4, 0.5) is 0 Å². The second-order valence-electron chi connectivity index (χ2n) is 7.51. The fourth-order valence-corrected chi connectivity index (χ4v) is 4.16. The lowest BCUT2D eigenvalue weighted by molar-refractivity contribution is 0.104. The Kier molecular flexibility index (Phi) is 6.19. The lowest BCUT2D eigenvalue weighted by Gasteiger charge is -2.19. The molecule has 7 nitrogen and oxygen atoms in total. The molecule has 7 heteroatoms. The van der Waals surface area contributed by atoms with Crippen molar-refractivity contribution in [1.29, 1.82) is 0 Å². The fraction of sp³-hybridized carbons (Fsp3) is 0.360. The van der Waals surface area contributed by atoms with E-state index in [4.69, 9.17) is 23.9 Å². The normalized spacial score (nSPS) is 12.1. The summed E-state index contributed by atoms with van der Waals surface area (Å²) in [5, 5.41) is 0.703. The Balaban J connectivity index is 1.89. The van der Waals surface area contributed by atoms with E-state index in [1.165, 1.54) is 0 Å². The summed E-state index contributed by atoms with van der Waals surface area (Å²) in [7, 11) is 4.74. The van der Waals surface area contributed by atoms with Crippen molar-refractivity contribution in [2.45, 2.75) is 13.8 Å². The van der Waals surface area contributed by atoms with Crippen LogP contribution in [0.5, 0.6) is 23.1 Å². The maximum absolute atomic E-state index is 13.5. The van der Waals surface area contributed by atoms with Gasteiger partial charge in [-0.3, -0.25) is 4.79 Å². The van der Waals surface area contributed by atoms with Crippen LogP contribution in [-0.2, 0) is 0 Å². The zero-order valence-corrected chi connectivity index (χ0v) is 19.2. The van der Waals surface area contributed by atoms with Crippen LogP contribution in [0.15, 0.2) is 30.3 Å². The quantitative estimate of drug-likeness (QED) is 0.390. The van der Waals surface area contributed by atoms with Crippen molar-refractivity contribution in [3.63, 3.8) is 0 Å². The first-order valence-corrected chi connectivity index (χ1v) is 10.7. The summed E-state index contributed by atoms with van der Waals surface area (Å²) >= 11 is 0. The standard InChI is InChI=1S/C25H28N2O5/c1-6-27(7-2)10-11-32-25-23-16-9-8-15(29-3)12-17(16)24(28)22(23)18-13-20(30-4)21(31-5)14-19(18)26-25/h8-9,12-14H,6-7,10-11H2,1-5H3. The topological polar surface area (TPSA) is 70.1 Å². The van der Waals surface area contributed by atoms with Gasteiger partial charge < -0.3 is 23.8 Å². The lowest BCUT2D eigenvalue weighted by Crippen LogP contribution is -2.28. The molecule has 0 fully saturated rings. The Morgan fingerprint density at radius 3 is 2.25 bits per heavy atom. The molecule has 0 unspecified atom stereocenters. The largest absolute Gasteiger partial charge is 0.497 e. The van der Waals surface area contributed by atoms with Crippen molar-refractivity contribution in [3.8, 4) is 34.3 Å². The highest BCUT2D eigenvalue weighted by Gasteiger charge is 2.34. The second-order valence-corrected chi connectivity index (χ2v) is 7.51. The van der Waals surface area contributed by atoms with E-state index in [-0.39, 0.29) is 5.78 Å². The number of methoxy groups -OCH3 is 3. The third-order valence-corrected chi connectivity index (χ3v) is 5.97. The van der Waals surface area contributed by atoms with Crippen LogP contribution in [0.2, 0.25) is 0 Å². The van der Waals surface area contributed by atoms with Gasteiger partial charge in [0, 0.05) is 29.1 Å². The highest BCUT2D eigenvalue weighted by molar-refractivity contribution is 6.28. The molecule has 2 aromatic carbocycles. The van der Waals surface area contributed by atoms with E-state index in [2.05, 4.69) is 18.7 Å². The molecular formula is C25H28N2O5. The highest BCUT2D eigenvalue weighted by atomic mass is 16.5. The van der Waals surface area contributed by atoms with Crippen LogP contribution < -0.4 is 18.9 Å². The number of hydrogen-bond donors (Lipinski definition) is 0. The molecular weight excluding hydrogens is 408 g/mol. The average molecular weight is 437 g/mol. The van der Waals surface area contributed by atoms with Crippen LogP contribution in [0.3, 0.4) is 0 Å². The van der Waals surface area contributed by atoms with E-state index in [0.29, 0.717) is 57.3 Å². The number of rotatable bonds is 9. The van der Waals surface area contributed by atoms with Gasteiger partial charge in [0.25, 0.3) is 0 Å².